The Balaban J connectivity index is 0.00000162. The quantitative estimate of drug-likeness (QED) is 0.764. The first-order chi connectivity index (χ1) is 7.98. The van der Waals surface area contributed by atoms with Crippen LogP contribution in [0, 0.1) is 0 Å². The molecule has 7 heteroatoms. The summed E-state index contributed by atoms with van der Waals surface area (Å²) < 4.78 is 37.5. The SMILES string of the molecule is O=C(N[C@H]1CC[C@H]1[B-](F)(F)F)c1ccccc1.[K+]. The van der Waals surface area contributed by atoms with Gasteiger partial charge in [-0.15, -0.1) is 0 Å². The van der Waals surface area contributed by atoms with Crippen molar-refractivity contribution in [1.29, 1.82) is 0 Å². The van der Waals surface area contributed by atoms with E-state index in [1.54, 1.807) is 30.3 Å². The van der Waals surface area contributed by atoms with Gasteiger partial charge in [-0.1, -0.05) is 30.4 Å². The van der Waals surface area contributed by atoms with E-state index in [0.29, 0.717) is 12.0 Å². The summed E-state index contributed by atoms with van der Waals surface area (Å²) in [5, 5.41) is 2.45. The zero-order valence-corrected chi connectivity index (χ0v) is 13.2. The first-order valence-electron chi connectivity index (χ1n) is 5.54. The molecule has 18 heavy (non-hydrogen) atoms. The fraction of sp³-hybridized carbons (Fsp3) is 0.364. The number of amides is 1. The monoisotopic (exact) mass is 281 g/mol. The van der Waals surface area contributed by atoms with Gasteiger partial charge in [-0.25, -0.2) is 0 Å². The second-order valence-corrected chi connectivity index (χ2v) is 4.31. The van der Waals surface area contributed by atoms with Crippen molar-refractivity contribution in [3.63, 3.8) is 0 Å². The van der Waals surface area contributed by atoms with Gasteiger partial charge in [-0.2, -0.15) is 0 Å². The molecule has 1 N–H and O–H groups in total. The fourth-order valence-corrected chi connectivity index (χ4v) is 2.00. The number of benzene rings is 1. The topological polar surface area (TPSA) is 29.1 Å². The normalized spacial score (nSPS) is 22.6. The molecule has 1 amide bonds. The zero-order valence-electron chi connectivity index (χ0n) is 10.1. The van der Waals surface area contributed by atoms with Gasteiger partial charge in [0.1, 0.15) is 0 Å². The summed E-state index contributed by atoms with van der Waals surface area (Å²) in [5.74, 6) is -1.76. The van der Waals surface area contributed by atoms with Crippen molar-refractivity contribution in [2.75, 3.05) is 0 Å². The minimum Gasteiger partial charge on any atom is -0.449 e. The molecule has 0 aromatic heterocycles. The maximum absolute atomic E-state index is 12.5. The first-order valence-corrected chi connectivity index (χ1v) is 5.54. The molecule has 0 saturated heterocycles. The van der Waals surface area contributed by atoms with Crippen LogP contribution in [0.1, 0.15) is 23.2 Å². The molecule has 1 aromatic rings. The Morgan fingerprint density at radius 2 is 1.78 bits per heavy atom. The smallest absolute Gasteiger partial charge is 0.449 e. The second kappa shape index (κ2) is 6.56. The van der Waals surface area contributed by atoms with Crippen LogP contribution in [0.3, 0.4) is 0 Å². The average Bonchev–Trinajstić information content (AvgIpc) is 2.23. The summed E-state index contributed by atoms with van der Waals surface area (Å²) in [6, 6.07) is 7.54. The van der Waals surface area contributed by atoms with Crippen LogP contribution in [-0.2, 0) is 0 Å². The van der Waals surface area contributed by atoms with Crippen LogP contribution in [0.5, 0.6) is 0 Å². The third-order valence-corrected chi connectivity index (χ3v) is 3.17. The predicted octanol–water partition coefficient (Wildman–Crippen LogP) is -0.200. The van der Waals surface area contributed by atoms with E-state index in [9.17, 15) is 17.7 Å². The van der Waals surface area contributed by atoms with Gasteiger partial charge >= 0.3 is 58.4 Å². The third-order valence-electron chi connectivity index (χ3n) is 3.17. The molecule has 0 spiro atoms. The molecule has 1 fully saturated rings. The van der Waals surface area contributed by atoms with E-state index in [4.69, 9.17) is 0 Å². The summed E-state index contributed by atoms with van der Waals surface area (Å²) in [6.07, 6.45) is 0.535. The molecule has 2 atom stereocenters. The zero-order chi connectivity index (χ0) is 12.5. The van der Waals surface area contributed by atoms with Crippen LogP contribution < -0.4 is 56.7 Å². The van der Waals surface area contributed by atoms with Crippen LogP contribution in [0.25, 0.3) is 0 Å². The molecule has 92 valence electrons. The first kappa shape index (κ1) is 16.2. The number of carbonyl (C=O) groups is 1. The number of nitrogens with one attached hydrogen (secondary N) is 1. The molecule has 0 unspecified atom stereocenters. The van der Waals surface area contributed by atoms with E-state index in [-0.39, 0.29) is 57.8 Å². The number of hydrogen-bond donors (Lipinski definition) is 1. The molecule has 1 aromatic carbocycles. The molecule has 1 aliphatic rings. The number of carbonyl (C=O) groups excluding carboxylic acids is 1. The number of halogens is 3. The number of rotatable bonds is 3. The van der Waals surface area contributed by atoms with Crippen molar-refractivity contribution in [3.8, 4) is 0 Å². The Morgan fingerprint density at radius 3 is 2.22 bits per heavy atom. The van der Waals surface area contributed by atoms with Crippen molar-refractivity contribution in [2.24, 2.45) is 0 Å². The van der Waals surface area contributed by atoms with Crippen LogP contribution >= 0.6 is 0 Å². The van der Waals surface area contributed by atoms with Crippen LogP contribution in [0.2, 0.25) is 5.82 Å². The van der Waals surface area contributed by atoms with Gasteiger partial charge in [0.25, 0.3) is 5.91 Å². The van der Waals surface area contributed by atoms with E-state index >= 15 is 0 Å². The standard InChI is InChI=1S/C11H12BF3NO.K/c13-12(14,15)9-6-7-10(9)16-11(17)8-4-2-1-3-5-8;/h1-5,9-10H,6-7H2,(H,16,17);/q-1;+1/t9-,10+;/m1./s1. The number of hydrogen-bond acceptors (Lipinski definition) is 1. The van der Waals surface area contributed by atoms with Crippen molar-refractivity contribution in [1.82, 2.24) is 5.32 Å². The summed E-state index contributed by atoms with van der Waals surface area (Å²) >= 11 is 0. The largest absolute Gasteiger partial charge is 1.00 e. The van der Waals surface area contributed by atoms with E-state index in [1.807, 2.05) is 0 Å². The van der Waals surface area contributed by atoms with Crippen LogP contribution in [0.4, 0.5) is 12.9 Å². The van der Waals surface area contributed by atoms with Gasteiger partial charge in [-0.3, -0.25) is 4.79 Å². The molecule has 0 radical (unpaired) electrons. The molecule has 1 saturated carbocycles. The third kappa shape index (κ3) is 3.84. The van der Waals surface area contributed by atoms with Gasteiger partial charge in [-0.05, 0) is 18.6 Å². The van der Waals surface area contributed by atoms with Gasteiger partial charge in [0.15, 0.2) is 0 Å². The van der Waals surface area contributed by atoms with Crippen molar-refractivity contribution >= 4 is 12.9 Å². The molecule has 0 bridgehead atoms. The minimum atomic E-state index is -4.85. The average molecular weight is 281 g/mol. The van der Waals surface area contributed by atoms with E-state index in [1.165, 1.54) is 0 Å². The molecule has 1 aliphatic carbocycles. The van der Waals surface area contributed by atoms with Crippen LogP contribution in [-0.4, -0.2) is 18.9 Å². The van der Waals surface area contributed by atoms with Crippen molar-refractivity contribution in [3.05, 3.63) is 35.9 Å². The Hall–Kier alpha value is 0.181. The molecule has 0 heterocycles. The van der Waals surface area contributed by atoms with E-state index < -0.39 is 24.7 Å². The van der Waals surface area contributed by atoms with E-state index in [2.05, 4.69) is 5.32 Å². The molecular weight excluding hydrogens is 269 g/mol. The Labute approximate surface area is 146 Å². The maximum Gasteiger partial charge on any atom is 1.00 e. The van der Waals surface area contributed by atoms with Crippen LogP contribution in [0.15, 0.2) is 30.3 Å². The summed E-state index contributed by atoms with van der Waals surface area (Å²) in [6.45, 7) is -4.85. The van der Waals surface area contributed by atoms with Gasteiger partial charge in [0.2, 0.25) is 0 Å². The minimum absolute atomic E-state index is 0. The predicted molar refractivity (Wildman–Crippen MR) is 59.8 cm³/mol. The summed E-state index contributed by atoms with van der Waals surface area (Å²) in [4.78, 5) is 11.6. The van der Waals surface area contributed by atoms with Gasteiger partial charge < -0.3 is 18.3 Å². The second-order valence-electron chi connectivity index (χ2n) is 4.31. The molecule has 0 aliphatic heterocycles. The molecular formula is C11H12BF3KNO. The van der Waals surface area contributed by atoms with E-state index in [0.717, 1.165) is 0 Å². The molecule has 2 nitrogen and oxygen atoms in total. The van der Waals surface area contributed by atoms with Crippen molar-refractivity contribution in [2.45, 2.75) is 24.7 Å². The Bertz CT molecular complexity index is 412. The van der Waals surface area contributed by atoms with Gasteiger partial charge in [0, 0.05) is 11.6 Å². The summed E-state index contributed by atoms with van der Waals surface area (Å²) in [7, 11) is 0. The maximum atomic E-state index is 12.5. The van der Waals surface area contributed by atoms with Gasteiger partial charge in [0.05, 0.1) is 0 Å². The summed E-state index contributed by atoms with van der Waals surface area (Å²) in [5.41, 5.74) is 0.396. The van der Waals surface area contributed by atoms with Crippen molar-refractivity contribution < 1.29 is 69.1 Å². The Kier molecular flexibility index (Phi) is 5.92. The molecule has 2 rings (SSSR count). The fourth-order valence-electron chi connectivity index (χ4n) is 2.00. The Morgan fingerprint density at radius 1 is 1.17 bits per heavy atom.